The van der Waals surface area contributed by atoms with Gasteiger partial charge in [-0.05, 0) is 34.1 Å². The molecule has 3 rings (SSSR count). The van der Waals surface area contributed by atoms with Crippen molar-refractivity contribution in [3.63, 3.8) is 0 Å². The Morgan fingerprint density at radius 3 is 2.76 bits per heavy atom. The van der Waals surface area contributed by atoms with Crippen LogP contribution in [0, 0.1) is 0 Å². The number of nitrogens with one attached hydrogen (secondary N) is 2. The SMILES string of the molecule is O=C(CNS(=O)(=O)c1cncc(Br)c1)Nc1cccc2cccnc12. The average Bonchev–Trinajstić information content (AvgIpc) is 2.60. The highest BCUT2D eigenvalue weighted by atomic mass is 79.9. The summed E-state index contributed by atoms with van der Waals surface area (Å²) in [6.45, 7) is -0.405. The highest BCUT2D eigenvalue weighted by Crippen LogP contribution is 2.20. The van der Waals surface area contributed by atoms with Gasteiger partial charge in [0.15, 0.2) is 0 Å². The van der Waals surface area contributed by atoms with Crippen LogP contribution in [0.2, 0.25) is 0 Å². The average molecular weight is 421 g/mol. The van der Waals surface area contributed by atoms with Crippen LogP contribution in [0.5, 0.6) is 0 Å². The van der Waals surface area contributed by atoms with Gasteiger partial charge in [-0.25, -0.2) is 13.1 Å². The first-order valence-electron chi connectivity index (χ1n) is 7.19. The first-order valence-corrected chi connectivity index (χ1v) is 9.47. The van der Waals surface area contributed by atoms with Crippen molar-refractivity contribution in [1.29, 1.82) is 0 Å². The number of sulfonamides is 1. The predicted octanol–water partition coefficient (Wildman–Crippen LogP) is 2.31. The molecule has 0 fully saturated rings. The van der Waals surface area contributed by atoms with Gasteiger partial charge in [-0.2, -0.15) is 0 Å². The van der Waals surface area contributed by atoms with Crippen molar-refractivity contribution < 1.29 is 13.2 Å². The number of carbonyl (C=O) groups excluding carboxylic acids is 1. The molecule has 0 spiro atoms. The molecule has 2 N–H and O–H groups in total. The van der Waals surface area contributed by atoms with Crippen LogP contribution >= 0.6 is 15.9 Å². The Bertz CT molecular complexity index is 1030. The van der Waals surface area contributed by atoms with Gasteiger partial charge in [-0.3, -0.25) is 14.8 Å². The fourth-order valence-electron chi connectivity index (χ4n) is 2.18. The summed E-state index contributed by atoms with van der Waals surface area (Å²) in [6.07, 6.45) is 4.31. The number of fused-ring (bicyclic) bond motifs is 1. The van der Waals surface area contributed by atoms with Gasteiger partial charge in [-0.1, -0.05) is 18.2 Å². The molecule has 9 heteroatoms. The predicted molar refractivity (Wildman–Crippen MR) is 97.5 cm³/mol. The molecule has 0 saturated heterocycles. The molecule has 0 unspecified atom stereocenters. The lowest BCUT2D eigenvalue weighted by atomic mass is 10.2. The highest BCUT2D eigenvalue weighted by molar-refractivity contribution is 9.10. The molecule has 2 aromatic heterocycles. The highest BCUT2D eigenvalue weighted by Gasteiger charge is 2.16. The Kier molecular flexibility index (Phi) is 5.07. The van der Waals surface area contributed by atoms with E-state index in [0.717, 1.165) is 5.39 Å². The molecule has 0 bridgehead atoms. The maximum absolute atomic E-state index is 12.2. The zero-order valence-corrected chi connectivity index (χ0v) is 15.2. The van der Waals surface area contributed by atoms with Crippen LogP contribution in [0.25, 0.3) is 10.9 Å². The molecule has 0 aliphatic heterocycles. The number of para-hydroxylation sites is 1. The number of pyridine rings is 2. The van der Waals surface area contributed by atoms with Crippen LogP contribution in [-0.4, -0.2) is 30.8 Å². The standard InChI is InChI=1S/C16H13BrN4O3S/c17-12-7-13(9-18-8-12)25(23,24)20-10-15(22)21-14-5-1-3-11-4-2-6-19-16(11)14/h1-9,20H,10H2,(H,21,22). The minimum absolute atomic E-state index is 0.0264. The largest absolute Gasteiger partial charge is 0.323 e. The van der Waals surface area contributed by atoms with Crippen LogP contribution < -0.4 is 10.0 Å². The number of amides is 1. The van der Waals surface area contributed by atoms with Crippen molar-refractivity contribution >= 4 is 48.5 Å². The maximum Gasteiger partial charge on any atom is 0.242 e. The van der Waals surface area contributed by atoms with E-state index in [4.69, 9.17) is 0 Å². The smallest absolute Gasteiger partial charge is 0.242 e. The van der Waals surface area contributed by atoms with Gasteiger partial charge in [0.2, 0.25) is 15.9 Å². The molecule has 3 aromatic rings. The lowest BCUT2D eigenvalue weighted by Gasteiger charge is -2.09. The molecule has 128 valence electrons. The fourth-order valence-corrected chi connectivity index (χ4v) is 3.67. The van der Waals surface area contributed by atoms with Gasteiger partial charge in [-0.15, -0.1) is 0 Å². The van der Waals surface area contributed by atoms with Crippen molar-refractivity contribution in [2.75, 3.05) is 11.9 Å². The summed E-state index contributed by atoms with van der Waals surface area (Å²) in [6, 6.07) is 10.5. The van der Waals surface area contributed by atoms with Gasteiger partial charge >= 0.3 is 0 Å². The molecule has 0 radical (unpaired) electrons. The van der Waals surface area contributed by atoms with Crippen LogP contribution in [-0.2, 0) is 14.8 Å². The molecular weight excluding hydrogens is 408 g/mol. The van der Waals surface area contributed by atoms with Gasteiger partial charge in [0.1, 0.15) is 4.90 Å². The third kappa shape index (κ3) is 4.19. The van der Waals surface area contributed by atoms with Crippen LogP contribution in [0.15, 0.2) is 64.4 Å². The Morgan fingerprint density at radius 2 is 1.96 bits per heavy atom. The Hall–Kier alpha value is -2.36. The van der Waals surface area contributed by atoms with E-state index in [-0.39, 0.29) is 4.90 Å². The lowest BCUT2D eigenvalue weighted by molar-refractivity contribution is -0.115. The second kappa shape index (κ2) is 7.26. The number of aromatic nitrogens is 2. The first kappa shape index (κ1) is 17.5. The quantitative estimate of drug-likeness (QED) is 0.659. The summed E-state index contributed by atoms with van der Waals surface area (Å²) in [5.41, 5.74) is 1.16. The molecular formula is C16H13BrN4O3S. The maximum atomic E-state index is 12.2. The summed E-state index contributed by atoms with van der Waals surface area (Å²) in [5, 5.41) is 3.54. The van der Waals surface area contributed by atoms with E-state index in [0.29, 0.717) is 15.7 Å². The zero-order chi connectivity index (χ0) is 17.9. The normalized spacial score (nSPS) is 11.4. The lowest BCUT2D eigenvalue weighted by Crippen LogP contribution is -2.33. The van der Waals surface area contributed by atoms with E-state index in [2.05, 4.69) is 35.9 Å². The van der Waals surface area contributed by atoms with Gasteiger partial charge in [0.05, 0.1) is 17.7 Å². The molecule has 1 aromatic carbocycles. The van der Waals surface area contributed by atoms with Gasteiger partial charge in [0, 0.05) is 28.4 Å². The van der Waals surface area contributed by atoms with E-state index in [9.17, 15) is 13.2 Å². The minimum Gasteiger partial charge on any atom is -0.323 e. The number of benzene rings is 1. The van der Waals surface area contributed by atoms with E-state index in [1.807, 2.05) is 12.1 Å². The van der Waals surface area contributed by atoms with E-state index in [1.165, 1.54) is 18.5 Å². The van der Waals surface area contributed by atoms with Crippen molar-refractivity contribution in [1.82, 2.24) is 14.7 Å². The second-order valence-corrected chi connectivity index (χ2v) is 7.77. The monoisotopic (exact) mass is 420 g/mol. The Labute approximate surface area is 152 Å². The molecule has 2 heterocycles. The molecule has 25 heavy (non-hydrogen) atoms. The molecule has 1 amide bonds. The van der Waals surface area contributed by atoms with Crippen LogP contribution in [0.4, 0.5) is 5.69 Å². The van der Waals surface area contributed by atoms with E-state index in [1.54, 1.807) is 24.4 Å². The summed E-state index contributed by atoms with van der Waals surface area (Å²) in [4.78, 5) is 20.1. The Balaban J connectivity index is 1.70. The summed E-state index contributed by atoms with van der Waals surface area (Å²) < 4.78 is 27.2. The van der Waals surface area contributed by atoms with Crippen molar-refractivity contribution in [3.8, 4) is 0 Å². The van der Waals surface area contributed by atoms with E-state index >= 15 is 0 Å². The molecule has 7 nitrogen and oxygen atoms in total. The number of nitrogens with zero attached hydrogens (tertiary/aromatic N) is 2. The zero-order valence-electron chi connectivity index (χ0n) is 12.8. The second-order valence-electron chi connectivity index (χ2n) is 5.09. The Morgan fingerprint density at radius 1 is 1.16 bits per heavy atom. The number of anilines is 1. The molecule has 0 atom stereocenters. The first-order chi connectivity index (χ1) is 12.0. The number of halogens is 1. The molecule has 0 aliphatic rings. The number of rotatable bonds is 5. The minimum atomic E-state index is -3.83. The molecule has 0 saturated carbocycles. The van der Waals surface area contributed by atoms with Crippen molar-refractivity contribution in [2.24, 2.45) is 0 Å². The van der Waals surface area contributed by atoms with Crippen LogP contribution in [0.3, 0.4) is 0 Å². The summed E-state index contributed by atoms with van der Waals surface area (Å²) >= 11 is 3.16. The molecule has 0 aliphatic carbocycles. The van der Waals surface area contributed by atoms with Gasteiger partial charge < -0.3 is 5.32 Å². The summed E-state index contributed by atoms with van der Waals surface area (Å²) in [5.74, 6) is -0.496. The van der Waals surface area contributed by atoms with Gasteiger partial charge in [0.25, 0.3) is 0 Å². The fraction of sp³-hybridized carbons (Fsp3) is 0.0625. The number of hydrogen-bond acceptors (Lipinski definition) is 5. The number of hydrogen-bond donors (Lipinski definition) is 2. The topological polar surface area (TPSA) is 101 Å². The van der Waals surface area contributed by atoms with Crippen molar-refractivity contribution in [3.05, 3.63) is 59.5 Å². The summed E-state index contributed by atoms with van der Waals surface area (Å²) in [7, 11) is -3.83. The van der Waals surface area contributed by atoms with Crippen LogP contribution in [0.1, 0.15) is 0 Å². The third-order valence-electron chi connectivity index (χ3n) is 3.32. The third-order valence-corrected chi connectivity index (χ3v) is 5.12. The van der Waals surface area contributed by atoms with Crippen molar-refractivity contribution in [2.45, 2.75) is 4.90 Å². The number of carbonyl (C=O) groups is 1. The van der Waals surface area contributed by atoms with E-state index < -0.39 is 22.5 Å².